The van der Waals surface area contributed by atoms with Crippen molar-refractivity contribution in [3.8, 4) is 5.75 Å². The van der Waals surface area contributed by atoms with Crippen molar-refractivity contribution in [2.45, 2.75) is 53.5 Å². The van der Waals surface area contributed by atoms with E-state index in [-0.39, 0.29) is 11.8 Å². The molecule has 2 aliphatic rings. The molecule has 0 bridgehead atoms. The van der Waals surface area contributed by atoms with Crippen molar-refractivity contribution in [3.63, 3.8) is 0 Å². The van der Waals surface area contributed by atoms with E-state index >= 15 is 0 Å². The quantitative estimate of drug-likeness (QED) is 0.479. The fraction of sp³-hybridized carbons (Fsp3) is 0.576. The highest BCUT2D eigenvalue weighted by atomic mass is 16.5. The number of anilines is 1. The minimum absolute atomic E-state index is 0.0107. The van der Waals surface area contributed by atoms with Crippen LogP contribution in [0.25, 0.3) is 0 Å². The molecule has 2 aromatic rings. The summed E-state index contributed by atoms with van der Waals surface area (Å²) in [5, 5.41) is 0. The van der Waals surface area contributed by atoms with Crippen LogP contribution in [0.1, 0.15) is 62.9 Å². The number of likely N-dealkylation sites (tertiary alicyclic amines) is 1. The normalized spacial score (nSPS) is 18.3. The average Bonchev–Trinajstić information content (AvgIpc) is 2.97. The molecule has 7 heteroatoms. The SMILES string of the molecule is CC(=O)N1CCCN(CC(C)C)CCN(C(=O)c2cccc(OCCN3CCC(C)CC3)c2)Cc2ccccc21. The molecule has 0 unspecified atom stereocenters. The molecular formula is C33H48N4O3. The predicted molar refractivity (Wildman–Crippen MR) is 162 cm³/mol. The van der Waals surface area contributed by atoms with Gasteiger partial charge in [0.15, 0.2) is 0 Å². The zero-order valence-corrected chi connectivity index (χ0v) is 25.0. The second-order valence-corrected chi connectivity index (χ2v) is 12.0. The Morgan fingerprint density at radius 3 is 2.45 bits per heavy atom. The van der Waals surface area contributed by atoms with Crippen LogP contribution in [0.5, 0.6) is 5.75 Å². The molecule has 7 nitrogen and oxygen atoms in total. The van der Waals surface area contributed by atoms with Crippen LogP contribution >= 0.6 is 0 Å². The number of carbonyl (C=O) groups is 2. The molecule has 0 N–H and O–H groups in total. The Hall–Kier alpha value is -2.90. The number of nitrogens with zero attached hydrogens (tertiary/aromatic N) is 4. The molecule has 2 aliphatic heterocycles. The molecule has 0 atom stereocenters. The van der Waals surface area contributed by atoms with E-state index in [9.17, 15) is 9.59 Å². The Kier molecular flexibility index (Phi) is 11.0. The first-order valence-corrected chi connectivity index (χ1v) is 15.1. The highest BCUT2D eigenvalue weighted by Crippen LogP contribution is 2.25. The van der Waals surface area contributed by atoms with Gasteiger partial charge in [-0.3, -0.25) is 14.5 Å². The summed E-state index contributed by atoms with van der Waals surface area (Å²) in [6.07, 6.45) is 3.40. The van der Waals surface area contributed by atoms with Gasteiger partial charge in [0.25, 0.3) is 5.91 Å². The number of rotatable bonds is 7. The summed E-state index contributed by atoms with van der Waals surface area (Å²) < 4.78 is 6.10. The van der Waals surface area contributed by atoms with Gasteiger partial charge in [0.05, 0.1) is 0 Å². The average molecular weight is 549 g/mol. The van der Waals surface area contributed by atoms with Gasteiger partial charge >= 0.3 is 0 Å². The maximum Gasteiger partial charge on any atom is 0.254 e. The van der Waals surface area contributed by atoms with E-state index in [0.717, 1.165) is 68.6 Å². The summed E-state index contributed by atoms with van der Waals surface area (Å²) >= 11 is 0. The van der Waals surface area contributed by atoms with Gasteiger partial charge in [0, 0.05) is 57.4 Å². The number of piperidine rings is 1. The molecular weight excluding hydrogens is 500 g/mol. The lowest BCUT2D eigenvalue weighted by molar-refractivity contribution is -0.116. The van der Waals surface area contributed by atoms with E-state index in [0.29, 0.717) is 37.7 Å². The zero-order chi connectivity index (χ0) is 28.5. The van der Waals surface area contributed by atoms with Crippen molar-refractivity contribution in [3.05, 3.63) is 59.7 Å². The molecule has 1 saturated heterocycles. The van der Waals surface area contributed by atoms with E-state index in [2.05, 4.69) is 30.6 Å². The van der Waals surface area contributed by atoms with Crippen molar-refractivity contribution in [1.29, 1.82) is 0 Å². The van der Waals surface area contributed by atoms with Gasteiger partial charge in [0.1, 0.15) is 12.4 Å². The number of fused-ring (bicyclic) bond motifs is 1. The lowest BCUT2D eigenvalue weighted by atomic mass is 9.99. The molecule has 4 rings (SSSR count). The third-order valence-corrected chi connectivity index (χ3v) is 8.11. The van der Waals surface area contributed by atoms with Gasteiger partial charge in [-0.15, -0.1) is 0 Å². The van der Waals surface area contributed by atoms with Gasteiger partial charge in [-0.05, 0) is 80.6 Å². The van der Waals surface area contributed by atoms with Crippen molar-refractivity contribution in [2.24, 2.45) is 11.8 Å². The molecule has 2 aromatic carbocycles. The van der Waals surface area contributed by atoms with Gasteiger partial charge in [-0.25, -0.2) is 0 Å². The number of benzene rings is 2. The van der Waals surface area contributed by atoms with Crippen LogP contribution in [0.3, 0.4) is 0 Å². The smallest absolute Gasteiger partial charge is 0.254 e. The van der Waals surface area contributed by atoms with Gasteiger partial charge in [-0.1, -0.05) is 45.0 Å². The Morgan fingerprint density at radius 2 is 1.70 bits per heavy atom. The summed E-state index contributed by atoms with van der Waals surface area (Å²) in [6, 6.07) is 15.6. The van der Waals surface area contributed by atoms with Crippen LogP contribution in [0.15, 0.2) is 48.5 Å². The van der Waals surface area contributed by atoms with Crippen LogP contribution < -0.4 is 9.64 Å². The minimum Gasteiger partial charge on any atom is -0.492 e. The molecule has 2 heterocycles. The van der Waals surface area contributed by atoms with Crippen molar-refractivity contribution >= 4 is 17.5 Å². The minimum atomic E-state index is -0.0107. The molecule has 0 aromatic heterocycles. The zero-order valence-electron chi connectivity index (χ0n) is 25.0. The largest absolute Gasteiger partial charge is 0.492 e. The van der Waals surface area contributed by atoms with E-state index in [1.54, 1.807) is 6.92 Å². The van der Waals surface area contributed by atoms with Crippen LogP contribution in [0.4, 0.5) is 5.69 Å². The maximum absolute atomic E-state index is 14.0. The molecule has 2 amide bonds. The van der Waals surface area contributed by atoms with Crippen molar-refractivity contribution < 1.29 is 14.3 Å². The van der Waals surface area contributed by atoms with E-state index in [4.69, 9.17) is 4.74 Å². The van der Waals surface area contributed by atoms with Gasteiger partial charge in [0.2, 0.25) is 5.91 Å². The first kappa shape index (κ1) is 30.1. The number of carbonyl (C=O) groups excluding carboxylic acids is 2. The Labute approximate surface area is 241 Å². The Morgan fingerprint density at radius 1 is 0.925 bits per heavy atom. The molecule has 40 heavy (non-hydrogen) atoms. The van der Waals surface area contributed by atoms with E-state index in [1.807, 2.05) is 58.3 Å². The van der Waals surface area contributed by atoms with Crippen LogP contribution in [0.2, 0.25) is 0 Å². The first-order chi connectivity index (χ1) is 19.3. The van der Waals surface area contributed by atoms with Crippen LogP contribution in [-0.4, -0.2) is 85.5 Å². The molecule has 0 spiro atoms. The molecule has 0 saturated carbocycles. The molecule has 0 aliphatic carbocycles. The fourth-order valence-electron chi connectivity index (χ4n) is 5.82. The van der Waals surface area contributed by atoms with E-state index in [1.165, 1.54) is 12.8 Å². The van der Waals surface area contributed by atoms with Crippen LogP contribution in [-0.2, 0) is 11.3 Å². The first-order valence-electron chi connectivity index (χ1n) is 15.1. The summed E-state index contributed by atoms with van der Waals surface area (Å²) in [5.41, 5.74) is 2.52. The second-order valence-electron chi connectivity index (χ2n) is 12.0. The number of ether oxygens (including phenoxy) is 1. The monoisotopic (exact) mass is 548 g/mol. The second kappa shape index (κ2) is 14.6. The number of para-hydroxylation sites is 1. The number of amides is 2. The Bertz CT molecular complexity index is 1110. The van der Waals surface area contributed by atoms with Gasteiger partial charge < -0.3 is 19.4 Å². The van der Waals surface area contributed by atoms with Gasteiger partial charge in [-0.2, -0.15) is 0 Å². The topological polar surface area (TPSA) is 56.3 Å². The maximum atomic E-state index is 14.0. The summed E-state index contributed by atoms with van der Waals surface area (Å²) in [4.78, 5) is 35.3. The number of hydrogen-bond donors (Lipinski definition) is 0. The summed E-state index contributed by atoms with van der Waals surface area (Å²) in [5.74, 6) is 2.10. The summed E-state index contributed by atoms with van der Waals surface area (Å²) in [6.45, 7) is 16.6. The fourth-order valence-corrected chi connectivity index (χ4v) is 5.82. The number of hydrogen-bond acceptors (Lipinski definition) is 5. The molecule has 1 fully saturated rings. The molecule has 0 radical (unpaired) electrons. The van der Waals surface area contributed by atoms with E-state index < -0.39 is 0 Å². The highest BCUT2D eigenvalue weighted by Gasteiger charge is 2.23. The Balaban J connectivity index is 1.51. The highest BCUT2D eigenvalue weighted by molar-refractivity contribution is 5.95. The third-order valence-electron chi connectivity index (χ3n) is 8.11. The lowest BCUT2D eigenvalue weighted by Gasteiger charge is -2.30. The summed E-state index contributed by atoms with van der Waals surface area (Å²) in [7, 11) is 0. The molecule has 218 valence electrons. The van der Waals surface area contributed by atoms with Crippen molar-refractivity contribution in [2.75, 3.05) is 63.9 Å². The predicted octanol–water partition coefficient (Wildman–Crippen LogP) is 5.15. The van der Waals surface area contributed by atoms with Crippen molar-refractivity contribution in [1.82, 2.24) is 14.7 Å². The standard InChI is InChI=1S/C33H48N4O3/c1-26(2)24-35-15-8-16-37(28(4)38)32-12-6-5-9-30(32)25-36(20-19-35)33(39)29-10-7-11-31(23-29)40-22-21-34-17-13-27(3)14-18-34/h5-7,9-12,23,26-27H,8,13-22,24-25H2,1-4H3. The third kappa shape index (κ3) is 8.55. The lowest BCUT2D eigenvalue weighted by Crippen LogP contribution is -2.40. The van der Waals surface area contributed by atoms with Crippen LogP contribution in [0, 0.1) is 11.8 Å².